The molecule has 154 valence electrons. The summed E-state index contributed by atoms with van der Waals surface area (Å²) in [5.41, 5.74) is -2.49. The molecule has 3 N–H and O–H groups in total. The van der Waals surface area contributed by atoms with Crippen LogP contribution in [0.4, 0.5) is 0 Å². The minimum absolute atomic E-state index is 0.161. The van der Waals surface area contributed by atoms with Gasteiger partial charge >= 0.3 is 0 Å². The van der Waals surface area contributed by atoms with E-state index >= 15 is 0 Å². The molecule has 0 aromatic heterocycles. The molecule has 0 aromatic carbocycles. The first-order valence-corrected chi connectivity index (χ1v) is 9.55. The summed E-state index contributed by atoms with van der Waals surface area (Å²) in [4.78, 5) is 21.4. The molecule has 0 aliphatic heterocycles. The lowest BCUT2D eigenvalue weighted by molar-refractivity contribution is -0.575. The fourth-order valence-electron chi connectivity index (χ4n) is 2.92. The highest BCUT2D eigenvalue weighted by molar-refractivity contribution is 4.79. The van der Waals surface area contributed by atoms with Crippen LogP contribution in [0.1, 0.15) is 71.6 Å². The molecule has 0 fully saturated rings. The Kier molecular flexibility index (Phi) is 12.3. The number of nitrogens with one attached hydrogen (secondary N) is 1. The van der Waals surface area contributed by atoms with Crippen LogP contribution in [0.15, 0.2) is 0 Å². The van der Waals surface area contributed by atoms with Crippen LogP contribution in [0.5, 0.6) is 0 Å². The molecule has 0 radical (unpaired) electrons. The summed E-state index contributed by atoms with van der Waals surface area (Å²) in [6.07, 6.45) is 6.50. The van der Waals surface area contributed by atoms with Crippen LogP contribution in [0.25, 0.3) is 0 Å². The minimum Gasteiger partial charge on any atom is -0.389 e. The molecular formula is C17H35N3O6. The fraction of sp³-hybridized carbons (Fsp3) is 1.00. The maximum atomic E-state index is 11.1. The molecule has 0 amide bonds. The van der Waals surface area contributed by atoms with Gasteiger partial charge in [-0.15, -0.1) is 0 Å². The van der Waals surface area contributed by atoms with Gasteiger partial charge in [0.25, 0.3) is 5.54 Å². The largest absolute Gasteiger partial charge is 0.389 e. The molecule has 0 heterocycles. The van der Waals surface area contributed by atoms with E-state index in [0.29, 0.717) is 19.4 Å². The fourth-order valence-corrected chi connectivity index (χ4v) is 2.92. The van der Waals surface area contributed by atoms with Crippen LogP contribution in [0.2, 0.25) is 0 Å². The quantitative estimate of drug-likeness (QED) is 0.200. The Hall–Kier alpha value is -1.32. The Labute approximate surface area is 155 Å². The van der Waals surface area contributed by atoms with E-state index in [4.69, 9.17) is 0 Å². The second-order valence-corrected chi connectivity index (χ2v) is 7.03. The molecule has 26 heavy (non-hydrogen) atoms. The van der Waals surface area contributed by atoms with Crippen LogP contribution in [-0.2, 0) is 0 Å². The zero-order valence-corrected chi connectivity index (χ0v) is 16.1. The summed E-state index contributed by atoms with van der Waals surface area (Å²) >= 11 is 0. The first-order chi connectivity index (χ1) is 12.3. The number of aliphatic hydroxyl groups is 2. The van der Waals surface area contributed by atoms with E-state index in [2.05, 4.69) is 5.32 Å². The molecule has 2 atom stereocenters. The van der Waals surface area contributed by atoms with Crippen molar-refractivity contribution in [3.05, 3.63) is 20.2 Å². The summed E-state index contributed by atoms with van der Waals surface area (Å²) in [6.45, 7) is 3.37. The van der Waals surface area contributed by atoms with Gasteiger partial charge in [-0.25, -0.2) is 0 Å². The van der Waals surface area contributed by atoms with Gasteiger partial charge in [0.2, 0.25) is 5.54 Å². The number of nitrogens with zero attached hydrogens (tertiary/aromatic N) is 2. The summed E-state index contributed by atoms with van der Waals surface area (Å²) in [7, 11) is 0. The lowest BCUT2D eigenvalue weighted by Gasteiger charge is -2.22. The van der Waals surface area contributed by atoms with Gasteiger partial charge in [-0.1, -0.05) is 39.5 Å². The molecule has 0 spiro atoms. The Balaban J connectivity index is 3.80. The van der Waals surface area contributed by atoms with Crippen LogP contribution in [0, 0.1) is 20.2 Å². The Morgan fingerprint density at radius 3 is 1.69 bits per heavy atom. The smallest absolute Gasteiger partial charge is 0.256 e. The van der Waals surface area contributed by atoms with Gasteiger partial charge in [0.05, 0.1) is 6.54 Å². The molecule has 9 nitrogen and oxygen atoms in total. The van der Waals surface area contributed by atoms with Crippen molar-refractivity contribution in [1.82, 2.24) is 5.32 Å². The van der Waals surface area contributed by atoms with Crippen molar-refractivity contribution in [3.63, 3.8) is 0 Å². The highest BCUT2D eigenvalue weighted by Gasteiger charge is 2.40. The monoisotopic (exact) mass is 377 g/mol. The molecule has 0 rings (SSSR count). The number of rotatable bonds is 17. The van der Waals surface area contributed by atoms with E-state index < -0.39 is 29.2 Å². The van der Waals surface area contributed by atoms with Gasteiger partial charge < -0.3 is 15.5 Å². The summed E-state index contributed by atoms with van der Waals surface area (Å²) in [6, 6.07) is 0. The summed E-state index contributed by atoms with van der Waals surface area (Å²) in [5.74, 6) is 0. The van der Waals surface area contributed by atoms with Crippen molar-refractivity contribution in [3.8, 4) is 0 Å². The zero-order valence-electron chi connectivity index (χ0n) is 16.1. The topological polar surface area (TPSA) is 139 Å². The third-order valence-corrected chi connectivity index (χ3v) is 5.38. The van der Waals surface area contributed by atoms with E-state index in [1.807, 2.05) is 0 Å². The van der Waals surface area contributed by atoms with Crippen LogP contribution < -0.4 is 5.32 Å². The second kappa shape index (κ2) is 12.9. The van der Waals surface area contributed by atoms with Gasteiger partial charge in [-0.05, 0) is 19.4 Å². The van der Waals surface area contributed by atoms with Crippen LogP contribution in [-0.4, -0.2) is 57.4 Å². The molecule has 0 saturated carbocycles. The average molecular weight is 377 g/mol. The number of unbranched alkanes of at least 4 members (excludes halogenated alkanes) is 5. The van der Waals surface area contributed by atoms with E-state index in [1.165, 1.54) is 0 Å². The van der Waals surface area contributed by atoms with Gasteiger partial charge in [0.15, 0.2) is 0 Å². The van der Waals surface area contributed by atoms with Crippen molar-refractivity contribution in [1.29, 1.82) is 0 Å². The Morgan fingerprint density at radius 2 is 1.27 bits per heavy atom. The normalized spacial score (nSPS) is 16.0. The number of nitro groups is 2. The minimum atomic E-state index is -1.30. The van der Waals surface area contributed by atoms with Crippen molar-refractivity contribution >= 4 is 0 Å². The summed E-state index contributed by atoms with van der Waals surface area (Å²) in [5, 5.41) is 43.7. The molecule has 0 bridgehead atoms. The molecule has 0 saturated heterocycles. The molecule has 0 aromatic rings. The van der Waals surface area contributed by atoms with E-state index in [-0.39, 0.29) is 17.9 Å². The predicted octanol–water partition coefficient (Wildman–Crippen LogP) is 2.14. The standard InChI is InChI=1S/C17H35N3O6/c1-3-16(14-21,19(23)24)11-9-7-5-6-8-10-12-18-13-17(4-2,15-22)20(25)26/h18,21-22H,3-15H2,1-2H3. The Morgan fingerprint density at radius 1 is 0.808 bits per heavy atom. The lowest BCUT2D eigenvalue weighted by atomic mass is 9.91. The van der Waals surface area contributed by atoms with Crippen molar-refractivity contribution in [2.45, 2.75) is 82.7 Å². The molecule has 9 heteroatoms. The van der Waals surface area contributed by atoms with Gasteiger partial charge in [0, 0.05) is 29.1 Å². The van der Waals surface area contributed by atoms with E-state index in [9.17, 15) is 30.4 Å². The number of aliphatic hydroxyl groups excluding tert-OH is 2. The zero-order chi connectivity index (χ0) is 20.1. The third-order valence-electron chi connectivity index (χ3n) is 5.38. The van der Waals surface area contributed by atoms with Gasteiger partial charge in [0.1, 0.15) is 13.2 Å². The van der Waals surface area contributed by atoms with Crippen molar-refractivity contribution < 1.29 is 20.1 Å². The molecule has 0 aliphatic rings. The first-order valence-electron chi connectivity index (χ1n) is 9.55. The summed E-state index contributed by atoms with van der Waals surface area (Å²) < 4.78 is 0. The maximum Gasteiger partial charge on any atom is 0.256 e. The van der Waals surface area contributed by atoms with Crippen LogP contribution in [0.3, 0.4) is 0 Å². The lowest BCUT2D eigenvalue weighted by Crippen LogP contribution is -2.50. The maximum absolute atomic E-state index is 11.1. The molecular weight excluding hydrogens is 342 g/mol. The van der Waals surface area contributed by atoms with Crippen molar-refractivity contribution in [2.24, 2.45) is 0 Å². The highest BCUT2D eigenvalue weighted by Crippen LogP contribution is 2.23. The van der Waals surface area contributed by atoms with Gasteiger partial charge in [-0.3, -0.25) is 20.2 Å². The van der Waals surface area contributed by atoms with E-state index in [1.54, 1.807) is 13.8 Å². The predicted molar refractivity (Wildman–Crippen MR) is 99.4 cm³/mol. The van der Waals surface area contributed by atoms with Crippen molar-refractivity contribution in [2.75, 3.05) is 26.3 Å². The molecule has 0 aliphatic carbocycles. The number of hydrogen-bond donors (Lipinski definition) is 3. The molecule has 2 unspecified atom stereocenters. The van der Waals surface area contributed by atoms with Gasteiger partial charge in [-0.2, -0.15) is 0 Å². The average Bonchev–Trinajstić information content (AvgIpc) is 2.63. The SMILES string of the molecule is CCC(CO)(CCCCCCCCNCC(CC)(CO)[N+](=O)[O-])[N+](=O)[O-]. The van der Waals surface area contributed by atoms with Crippen LogP contribution >= 0.6 is 0 Å². The number of hydrogen-bond acceptors (Lipinski definition) is 7. The third kappa shape index (κ3) is 7.51. The first kappa shape index (κ1) is 24.7. The van der Waals surface area contributed by atoms with E-state index in [0.717, 1.165) is 38.5 Å². The second-order valence-electron chi connectivity index (χ2n) is 7.03. The highest BCUT2D eigenvalue weighted by atomic mass is 16.6. The Bertz CT molecular complexity index is 373.